The second-order valence-corrected chi connectivity index (χ2v) is 2.11. The highest BCUT2D eigenvalue weighted by Gasteiger charge is 2.05. The van der Waals surface area contributed by atoms with Crippen LogP contribution in [0, 0.1) is 0 Å². The van der Waals surface area contributed by atoms with Crippen LogP contribution in [0.25, 0.3) is 0 Å². The van der Waals surface area contributed by atoms with Crippen LogP contribution < -0.4 is 10.3 Å². The Labute approximate surface area is 51.6 Å². The van der Waals surface area contributed by atoms with Gasteiger partial charge in [-0.3, -0.25) is 4.79 Å². The maximum atomic E-state index is 10.5. The number of hydrazine groups is 1. The van der Waals surface area contributed by atoms with Gasteiger partial charge in [0, 0.05) is 12.3 Å². The van der Waals surface area contributed by atoms with Crippen LogP contribution in [0.4, 0.5) is 0 Å². The number of hydrogen-bond donors (Lipinski definition) is 2. The SMILES string of the molecule is CC(=O)C1=CSNN1. The number of allylic oxidation sites excluding steroid dienone is 1. The van der Waals surface area contributed by atoms with Crippen LogP contribution in [-0.4, -0.2) is 5.78 Å². The van der Waals surface area contributed by atoms with Crippen molar-refractivity contribution in [3.05, 3.63) is 11.1 Å². The van der Waals surface area contributed by atoms with Gasteiger partial charge >= 0.3 is 0 Å². The molecule has 44 valence electrons. The molecule has 1 heterocycles. The van der Waals surface area contributed by atoms with Crippen LogP contribution >= 0.6 is 11.9 Å². The van der Waals surface area contributed by atoms with Gasteiger partial charge in [0.15, 0.2) is 5.78 Å². The standard InChI is InChI=1S/C4H6N2OS/c1-3(7)4-2-8-6-5-4/h2,5-6H,1H3. The normalized spacial score (nSPS) is 17.4. The average molecular weight is 130 g/mol. The summed E-state index contributed by atoms with van der Waals surface area (Å²) >= 11 is 1.37. The summed E-state index contributed by atoms with van der Waals surface area (Å²) in [5.74, 6) is 0.0579. The Hall–Kier alpha value is -0.480. The zero-order valence-corrected chi connectivity index (χ0v) is 5.21. The van der Waals surface area contributed by atoms with Crippen LogP contribution in [-0.2, 0) is 4.79 Å². The van der Waals surface area contributed by atoms with Gasteiger partial charge < -0.3 is 5.43 Å². The molecule has 8 heavy (non-hydrogen) atoms. The lowest BCUT2D eigenvalue weighted by molar-refractivity contribution is -0.113. The van der Waals surface area contributed by atoms with Crippen molar-refractivity contribution in [2.24, 2.45) is 0 Å². The zero-order valence-electron chi connectivity index (χ0n) is 4.39. The third-order valence-electron chi connectivity index (χ3n) is 0.801. The van der Waals surface area contributed by atoms with Gasteiger partial charge in [-0.15, -0.1) is 0 Å². The number of rotatable bonds is 1. The molecule has 0 amide bonds. The molecule has 0 aromatic rings. The topological polar surface area (TPSA) is 41.1 Å². The van der Waals surface area contributed by atoms with Crippen molar-refractivity contribution in [3.63, 3.8) is 0 Å². The molecular formula is C4H6N2OS. The number of Topliss-reactive ketones (excluding diaryl/α,β-unsaturated/α-hetero) is 1. The molecule has 0 aliphatic carbocycles. The van der Waals surface area contributed by atoms with E-state index in [1.807, 2.05) is 0 Å². The highest BCUT2D eigenvalue weighted by Crippen LogP contribution is 2.06. The quantitative estimate of drug-likeness (QED) is 0.496. The van der Waals surface area contributed by atoms with Crippen molar-refractivity contribution in [2.45, 2.75) is 6.92 Å². The maximum absolute atomic E-state index is 10.5. The summed E-state index contributed by atoms with van der Waals surface area (Å²) in [6.45, 7) is 1.52. The number of hydrogen-bond acceptors (Lipinski definition) is 4. The van der Waals surface area contributed by atoms with E-state index >= 15 is 0 Å². The van der Waals surface area contributed by atoms with E-state index in [0.29, 0.717) is 5.70 Å². The Morgan fingerprint density at radius 2 is 2.62 bits per heavy atom. The summed E-state index contributed by atoms with van der Waals surface area (Å²) < 4.78 is 0. The van der Waals surface area contributed by atoms with Crippen LogP contribution in [0.15, 0.2) is 11.1 Å². The first-order valence-corrected chi connectivity index (χ1v) is 3.06. The van der Waals surface area contributed by atoms with Crippen molar-refractivity contribution in [3.8, 4) is 0 Å². The van der Waals surface area contributed by atoms with E-state index in [1.54, 1.807) is 5.41 Å². The second-order valence-electron chi connectivity index (χ2n) is 1.43. The van der Waals surface area contributed by atoms with Crippen molar-refractivity contribution >= 4 is 17.7 Å². The Kier molecular flexibility index (Phi) is 1.55. The second kappa shape index (κ2) is 2.19. The molecule has 0 atom stereocenters. The summed E-state index contributed by atoms with van der Waals surface area (Å²) in [6.07, 6.45) is 0. The van der Waals surface area contributed by atoms with Gasteiger partial charge in [0.2, 0.25) is 0 Å². The molecule has 1 rings (SSSR count). The summed E-state index contributed by atoms with van der Waals surface area (Å²) in [5, 5.41) is 1.74. The van der Waals surface area contributed by atoms with Gasteiger partial charge in [-0.2, -0.15) is 4.83 Å². The highest BCUT2D eigenvalue weighted by atomic mass is 32.2. The van der Waals surface area contributed by atoms with E-state index in [4.69, 9.17) is 0 Å². The summed E-state index contributed by atoms with van der Waals surface area (Å²) in [4.78, 5) is 13.2. The molecule has 1 aliphatic heterocycles. The number of nitrogens with one attached hydrogen (secondary N) is 2. The molecule has 1 aliphatic rings. The van der Waals surface area contributed by atoms with E-state index in [-0.39, 0.29) is 5.78 Å². The first kappa shape index (κ1) is 5.65. The van der Waals surface area contributed by atoms with E-state index < -0.39 is 0 Å². The Morgan fingerprint density at radius 1 is 1.88 bits per heavy atom. The first-order chi connectivity index (χ1) is 3.80. The minimum absolute atomic E-state index is 0.0579. The molecule has 2 N–H and O–H groups in total. The number of carbonyl (C=O) groups is 1. The lowest BCUT2D eigenvalue weighted by atomic mass is 10.4. The molecular weight excluding hydrogens is 124 g/mol. The van der Waals surface area contributed by atoms with Crippen molar-refractivity contribution in [2.75, 3.05) is 0 Å². The molecule has 0 bridgehead atoms. The first-order valence-electron chi connectivity index (χ1n) is 2.18. The molecule has 0 radical (unpaired) electrons. The van der Waals surface area contributed by atoms with Crippen LogP contribution in [0.1, 0.15) is 6.92 Å². The van der Waals surface area contributed by atoms with Gasteiger partial charge in [-0.25, -0.2) is 0 Å². The van der Waals surface area contributed by atoms with E-state index in [0.717, 1.165) is 0 Å². The zero-order chi connectivity index (χ0) is 5.98. The Balaban J connectivity index is 2.57. The van der Waals surface area contributed by atoms with E-state index in [2.05, 4.69) is 10.3 Å². The largest absolute Gasteiger partial charge is 0.308 e. The molecule has 0 saturated heterocycles. The van der Waals surface area contributed by atoms with Crippen molar-refractivity contribution in [1.29, 1.82) is 0 Å². The van der Waals surface area contributed by atoms with Crippen LogP contribution in [0.3, 0.4) is 0 Å². The van der Waals surface area contributed by atoms with Gasteiger partial charge in [-0.1, -0.05) is 0 Å². The fourth-order valence-corrected chi connectivity index (χ4v) is 0.944. The smallest absolute Gasteiger partial charge is 0.177 e. The summed E-state index contributed by atoms with van der Waals surface area (Å²) in [5.41, 5.74) is 3.31. The lowest BCUT2D eigenvalue weighted by Crippen LogP contribution is -2.22. The average Bonchev–Trinajstić information content (AvgIpc) is 2.12. The van der Waals surface area contributed by atoms with Gasteiger partial charge in [0.25, 0.3) is 0 Å². The predicted molar refractivity (Wildman–Crippen MR) is 32.6 cm³/mol. The summed E-state index contributed by atoms with van der Waals surface area (Å²) in [7, 11) is 0. The fraction of sp³-hybridized carbons (Fsp3) is 0.250. The van der Waals surface area contributed by atoms with E-state index in [9.17, 15) is 4.79 Å². The molecule has 0 fully saturated rings. The minimum Gasteiger partial charge on any atom is -0.308 e. The third-order valence-corrected chi connectivity index (χ3v) is 1.37. The molecule has 0 aromatic carbocycles. The van der Waals surface area contributed by atoms with Gasteiger partial charge in [0.05, 0.1) is 0 Å². The molecule has 0 aromatic heterocycles. The van der Waals surface area contributed by atoms with Crippen LogP contribution in [0.2, 0.25) is 0 Å². The van der Waals surface area contributed by atoms with Gasteiger partial charge in [-0.05, 0) is 11.9 Å². The Morgan fingerprint density at radius 3 is 2.88 bits per heavy atom. The molecule has 0 spiro atoms. The predicted octanol–water partition coefficient (Wildman–Crippen LogP) is 0.173. The van der Waals surface area contributed by atoms with Crippen molar-refractivity contribution < 1.29 is 4.79 Å². The fourth-order valence-electron chi connectivity index (χ4n) is 0.373. The molecule has 4 heteroatoms. The van der Waals surface area contributed by atoms with Crippen LogP contribution in [0.5, 0.6) is 0 Å². The van der Waals surface area contributed by atoms with E-state index in [1.165, 1.54) is 18.9 Å². The maximum Gasteiger partial charge on any atom is 0.177 e. The van der Waals surface area contributed by atoms with Gasteiger partial charge in [0.1, 0.15) is 5.70 Å². The molecule has 3 nitrogen and oxygen atoms in total. The molecule has 0 saturated carbocycles. The third kappa shape index (κ3) is 1.02. The highest BCUT2D eigenvalue weighted by molar-refractivity contribution is 8.00. The number of carbonyl (C=O) groups excluding carboxylic acids is 1. The number of ketones is 1. The molecule has 0 unspecified atom stereocenters. The monoisotopic (exact) mass is 130 g/mol. The van der Waals surface area contributed by atoms with Crippen molar-refractivity contribution in [1.82, 2.24) is 10.3 Å². The Bertz CT molecular complexity index is 143. The summed E-state index contributed by atoms with van der Waals surface area (Å²) in [6, 6.07) is 0. The lowest BCUT2D eigenvalue weighted by Gasteiger charge is -1.93. The minimum atomic E-state index is 0.0579.